The molecule has 2 aliphatic carbocycles. The third-order valence-electron chi connectivity index (χ3n) is 4.81. The minimum absolute atomic E-state index is 0.224. The maximum absolute atomic E-state index is 12.9. The third-order valence-corrected chi connectivity index (χ3v) is 6.20. The van der Waals surface area contributed by atoms with Crippen molar-refractivity contribution in [3.63, 3.8) is 0 Å². The molecule has 1 aromatic rings. The van der Waals surface area contributed by atoms with Gasteiger partial charge in [-0.1, -0.05) is 19.3 Å². The maximum atomic E-state index is 12.9. The summed E-state index contributed by atoms with van der Waals surface area (Å²) in [6.07, 6.45) is 11.0. The van der Waals surface area contributed by atoms with Gasteiger partial charge in [0.1, 0.15) is 0 Å². The van der Waals surface area contributed by atoms with Crippen LogP contribution in [0.15, 0.2) is 6.07 Å². The van der Waals surface area contributed by atoms with E-state index in [0.717, 1.165) is 30.6 Å². The lowest BCUT2D eigenvalue weighted by Crippen LogP contribution is -2.42. The number of thiophene rings is 1. The van der Waals surface area contributed by atoms with Gasteiger partial charge in [0.2, 0.25) is 0 Å². The Kier molecular flexibility index (Phi) is 5.23. The van der Waals surface area contributed by atoms with Crippen LogP contribution in [0.25, 0.3) is 0 Å². The van der Waals surface area contributed by atoms with Crippen molar-refractivity contribution in [2.45, 2.75) is 63.8 Å². The molecule has 4 heteroatoms. The van der Waals surface area contributed by atoms with Crippen molar-refractivity contribution in [3.8, 4) is 0 Å². The van der Waals surface area contributed by atoms with Crippen molar-refractivity contribution < 1.29 is 4.79 Å². The Labute approximate surface area is 136 Å². The van der Waals surface area contributed by atoms with Crippen LogP contribution in [-0.2, 0) is 12.8 Å². The summed E-state index contributed by atoms with van der Waals surface area (Å²) < 4.78 is 0. The summed E-state index contributed by atoms with van der Waals surface area (Å²) >= 11 is 7.68. The molecule has 1 amide bonds. The van der Waals surface area contributed by atoms with E-state index in [0.29, 0.717) is 18.5 Å². The molecule has 0 radical (unpaired) electrons. The highest BCUT2D eigenvalue weighted by atomic mass is 35.5. The van der Waals surface area contributed by atoms with Crippen LogP contribution in [0.3, 0.4) is 0 Å². The molecule has 21 heavy (non-hydrogen) atoms. The zero-order valence-corrected chi connectivity index (χ0v) is 14.1. The fourth-order valence-electron chi connectivity index (χ4n) is 3.67. The number of hydrogen-bond acceptors (Lipinski definition) is 2. The van der Waals surface area contributed by atoms with E-state index in [9.17, 15) is 4.79 Å². The number of hydrogen-bond donors (Lipinski definition) is 0. The molecule has 0 bridgehead atoms. The molecule has 1 aromatic heterocycles. The molecular formula is C17H24ClNOS. The van der Waals surface area contributed by atoms with Gasteiger partial charge in [0.25, 0.3) is 5.91 Å². The molecule has 0 spiro atoms. The van der Waals surface area contributed by atoms with E-state index < -0.39 is 0 Å². The van der Waals surface area contributed by atoms with Gasteiger partial charge in [-0.2, -0.15) is 0 Å². The van der Waals surface area contributed by atoms with E-state index in [-0.39, 0.29) is 5.91 Å². The topological polar surface area (TPSA) is 20.3 Å². The minimum Gasteiger partial charge on any atom is -0.334 e. The monoisotopic (exact) mass is 325 g/mol. The second-order valence-corrected chi connectivity index (χ2v) is 7.76. The van der Waals surface area contributed by atoms with Gasteiger partial charge in [-0.25, -0.2) is 0 Å². The number of nitrogens with zero attached hydrogens (tertiary/aromatic N) is 1. The van der Waals surface area contributed by atoms with E-state index >= 15 is 0 Å². The molecule has 2 aliphatic rings. The summed E-state index contributed by atoms with van der Waals surface area (Å²) in [5, 5.41) is 0. The second-order valence-electron chi connectivity index (χ2n) is 6.25. The second kappa shape index (κ2) is 7.15. The molecule has 0 N–H and O–H groups in total. The Balaban J connectivity index is 1.77. The summed E-state index contributed by atoms with van der Waals surface area (Å²) in [4.78, 5) is 17.4. The average Bonchev–Trinajstić information content (AvgIpc) is 2.97. The highest BCUT2D eigenvalue weighted by molar-refractivity contribution is 7.14. The molecule has 1 saturated carbocycles. The minimum atomic E-state index is 0.224. The first-order valence-electron chi connectivity index (χ1n) is 8.28. The van der Waals surface area contributed by atoms with E-state index in [1.807, 2.05) is 0 Å². The van der Waals surface area contributed by atoms with Gasteiger partial charge in [0.05, 0.1) is 4.88 Å². The smallest absolute Gasteiger partial charge is 0.264 e. The highest BCUT2D eigenvalue weighted by Gasteiger charge is 2.27. The fourth-order valence-corrected chi connectivity index (χ4v) is 5.06. The molecule has 1 fully saturated rings. The lowest BCUT2D eigenvalue weighted by molar-refractivity contribution is 0.0654. The van der Waals surface area contributed by atoms with Crippen LogP contribution in [0.5, 0.6) is 0 Å². The maximum Gasteiger partial charge on any atom is 0.264 e. The molecule has 0 aromatic carbocycles. The van der Waals surface area contributed by atoms with Crippen molar-refractivity contribution in [2.24, 2.45) is 0 Å². The quantitative estimate of drug-likeness (QED) is 0.738. The van der Waals surface area contributed by atoms with Crippen molar-refractivity contribution in [1.82, 2.24) is 4.90 Å². The lowest BCUT2D eigenvalue weighted by atomic mass is 9.94. The largest absolute Gasteiger partial charge is 0.334 e. The fraction of sp³-hybridized carbons (Fsp3) is 0.706. The molecule has 2 nitrogen and oxygen atoms in total. The first-order chi connectivity index (χ1) is 10.3. The van der Waals surface area contributed by atoms with Crippen molar-refractivity contribution in [2.75, 3.05) is 12.4 Å². The molecule has 0 saturated heterocycles. The molecule has 0 aliphatic heterocycles. The number of fused-ring (bicyclic) bond motifs is 1. The number of carbonyl (C=O) groups is 1. The zero-order chi connectivity index (χ0) is 14.7. The number of rotatable bonds is 4. The third kappa shape index (κ3) is 3.45. The molecule has 0 atom stereocenters. The Bertz CT molecular complexity index is 469. The normalized spacial score (nSPS) is 19.3. The van der Waals surface area contributed by atoms with Crippen LogP contribution < -0.4 is 0 Å². The number of carbonyl (C=O) groups excluding carboxylic acids is 1. The van der Waals surface area contributed by atoms with Crippen LogP contribution in [0.2, 0.25) is 0 Å². The first-order valence-corrected chi connectivity index (χ1v) is 9.63. The number of halogens is 1. The molecule has 1 heterocycles. The van der Waals surface area contributed by atoms with Gasteiger partial charge >= 0.3 is 0 Å². The van der Waals surface area contributed by atoms with E-state index in [1.54, 1.807) is 11.3 Å². The van der Waals surface area contributed by atoms with Gasteiger partial charge in [-0.05, 0) is 50.2 Å². The molecule has 116 valence electrons. The summed E-state index contributed by atoms with van der Waals surface area (Å²) in [5.74, 6) is 0.759. The standard InChI is InChI=1S/C17H24ClNOS/c18-10-11-19(14-7-2-1-3-8-14)17(20)16-12-13-6-4-5-9-15(13)21-16/h12,14H,1-11H2. The van der Waals surface area contributed by atoms with Crippen molar-refractivity contribution in [3.05, 3.63) is 21.4 Å². The van der Waals surface area contributed by atoms with Gasteiger partial charge in [-0.3, -0.25) is 4.79 Å². The van der Waals surface area contributed by atoms with E-state index in [2.05, 4.69) is 11.0 Å². The Morgan fingerprint density at radius 1 is 1.19 bits per heavy atom. The van der Waals surface area contributed by atoms with Gasteiger partial charge in [0.15, 0.2) is 0 Å². The summed E-state index contributed by atoms with van der Waals surface area (Å²) in [7, 11) is 0. The van der Waals surface area contributed by atoms with Crippen LogP contribution in [-0.4, -0.2) is 29.3 Å². The van der Waals surface area contributed by atoms with Crippen molar-refractivity contribution >= 4 is 28.8 Å². The van der Waals surface area contributed by atoms with Crippen LogP contribution in [0, 0.1) is 0 Å². The van der Waals surface area contributed by atoms with Crippen LogP contribution in [0.1, 0.15) is 65.1 Å². The van der Waals surface area contributed by atoms with Gasteiger partial charge in [-0.15, -0.1) is 22.9 Å². The number of aryl methyl sites for hydroxylation is 2. The van der Waals surface area contributed by atoms with Gasteiger partial charge < -0.3 is 4.90 Å². The first kappa shape index (κ1) is 15.4. The molecule has 3 rings (SSSR count). The number of alkyl halides is 1. The zero-order valence-electron chi connectivity index (χ0n) is 12.6. The number of amides is 1. The molecule has 0 unspecified atom stereocenters. The Hall–Kier alpha value is -0.540. The van der Waals surface area contributed by atoms with Crippen LogP contribution in [0.4, 0.5) is 0 Å². The predicted octanol–water partition coefficient (Wildman–Crippen LogP) is 4.64. The lowest BCUT2D eigenvalue weighted by Gasteiger charge is -2.33. The summed E-state index contributed by atoms with van der Waals surface area (Å²) in [6.45, 7) is 0.688. The average molecular weight is 326 g/mol. The van der Waals surface area contributed by atoms with Crippen molar-refractivity contribution in [1.29, 1.82) is 0 Å². The van der Waals surface area contributed by atoms with E-state index in [1.165, 1.54) is 42.5 Å². The Morgan fingerprint density at radius 3 is 2.67 bits per heavy atom. The summed E-state index contributed by atoms with van der Waals surface area (Å²) in [5.41, 5.74) is 1.42. The molecular weight excluding hydrogens is 302 g/mol. The van der Waals surface area contributed by atoms with Crippen LogP contribution >= 0.6 is 22.9 Å². The van der Waals surface area contributed by atoms with E-state index in [4.69, 9.17) is 11.6 Å². The SMILES string of the molecule is O=C(c1cc2c(s1)CCCC2)N(CCCl)C1CCCCC1. The Morgan fingerprint density at radius 2 is 1.95 bits per heavy atom. The predicted molar refractivity (Wildman–Crippen MR) is 89.6 cm³/mol. The highest BCUT2D eigenvalue weighted by Crippen LogP contribution is 2.32. The van der Waals surface area contributed by atoms with Gasteiger partial charge in [0, 0.05) is 23.3 Å². The summed E-state index contributed by atoms with van der Waals surface area (Å²) in [6, 6.07) is 2.56.